The Balaban J connectivity index is 2.48. The molecule has 0 nitrogen and oxygen atoms in total. The van der Waals surface area contributed by atoms with Crippen LogP contribution in [0.1, 0.15) is 0 Å². The summed E-state index contributed by atoms with van der Waals surface area (Å²) < 4.78 is 0. The Morgan fingerprint density at radius 2 is 1.53 bits per heavy atom. The Morgan fingerprint density at radius 1 is 0.765 bits per heavy atom. The summed E-state index contributed by atoms with van der Waals surface area (Å²) in [7, 11) is 2.14. The largest absolute Gasteiger partial charge is 0.140 e. The van der Waals surface area contributed by atoms with Crippen molar-refractivity contribution in [3.63, 3.8) is 0 Å². The van der Waals surface area contributed by atoms with Crippen molar-refractivity contribution in [2.75, 3.05) is 0 Å². The van der Waals surface area contributed by atoms with Crippen LogP contribution in [0.3, 0.4) is 0 Å². The minimum atomic E-state index is 1.16. The Hall–Kier alpha value is -2.20. The van der Waals surface area contributed by atoms with E-state index in [-0.39, 0.29) is 0 Å². The molecule has 0 atom stereocenters. The molecule has 4 rings (SSSR count). The molecule has 0 amide bonds. The van der Waals surface area contributed by atoms with E-state index < -0.39 is 0 Å². The highest BCUT2D eigenvalue weighted by Gasteiger charge is 2.07. The topological polar surface area (TPSA) is 0 Å². The van der Waals surface area contributed by atoms with E-state index in [1.165, 1.54) is 32.4 Å². The van der Waals surface area contributed by atoms with Crippen molar-refractivity contribution in [1.82, 2.24) is 0 Å². The fourth-order valence-corrected chi connectivity index (χ4v) is 2.69. The molecular formula is C16H9B. The predicted molar refractivity (Wildman–Crippen MR) is 76.0 cm³/mol. The predicted octanol–water partition coefficient (Wildman–Crippen LogP) is 2.44. The SMILES string of the molecule is Bc1ccc2ccc3cccc4c#cc1c2c43. The first-order valence-corrected chi connectivity index (χ1v) is 5.82. The van der Waals surface area contributed by atoms with E-state index in [1.807, 2.05) is 0 Å². The lowest BCUT2D eigenvalue weighted by atomic mass is 9.86. The molecule has 4 aromatic rings. The quantitative estimate of drug-likeness (QED) is 0.310. The molecule has 0 radical (unpaired) electrons. The van der Waals surface area contributed by atoms with Gasteiger partial charge < -0.3 is 0 Å². The first-order chi connectivity index (χ1) is 8.34. The van der Waals surface area contributed by atoms with Crippen LogP contribution in [0.2, 0.25) is 0 Å². The van der Waals surface area contributed by atoms with E-state index >= 15 is 0 Å². The lowest BCUT2D eigenvalue weighted by Crippen LogP contribution is -2.02. The van der Waals surface area contributed by atoms with Gasteiger partial charge in [-0.1, -0.05) is 54.0 Å². The van der Waals surface area contributed by atoms with E-state index in [0.29, 0.717) is 0 Å². The van der Waals surface area contributed by atoms with Crippen molar-refractivity contribution < 1.29 is 0 Å². The van der Waals surface area contributed by atoms with Crippen LogP contribution in [0.4, 0.5) is 0 Å². The molecule has 0 aromatic heterocycles. The molecule has 0 bridgehead atoms. The van der Waals surface area contributed by atoms with E-state index in [4.69, 9.17) is 0 Å². The summed E-state index contributed by atoms with van der Waals surface area (Å²) in [5.41, 5.74) is 1.27. The Bertz CT molecular complexity index is 830. The molecule has 0 saturated heterocycles. The Morgan fingerprint density at radius 3 is 2.41 bits per heavy atom. The third-order valence-corrected chi connectivity index (χ3v) is 3.56. The average Bonchev–Trinajstić information content (AvgIpc) is 2.38. The molecule has 17 heavy (non-hydrogen) atoms. The highest BCUT2D eigenvalue weighted by Crippen LogP contribution is 2.31. The van der Waals surface area contributed by atoms with Crippen LogP contribution >= 0.6 is 0 Å². The fraction of sp³-hybridized carbons (Fsp3) is 0. The van der Waals surface area contributed by atoms with Crippen LogP contribution in [0.5, 0.6) is 0 Å². The van der Waals surface area contributed by atoms with Gasteiger partial charge in [-0.2, -0.15) is 0 Å². The molecule has 0 saturated carbocycles. The summed E-state index contributed by atoms with van der Waals surface area (Å²) in [5.74, 6) is 0. The molecule has 0 aliphatic carbocycles. The standard InChI is InChI=1S/C16H9B/c17-14-9-7-12-5-4-10-2-1-3-11-6-8-13(14)16(12)15(10)11/h1-5,7,9H,17H2. The van der Waals surface area contributed by atoms with Gasteiger partial charge in [-0.15, -0.1) is 0 Å². The van der Waals surface area contributed by atoms with Crippen molar-refractivity contribution in [3.8, 4) is 0 Å². The maximum Gasteiger partial charge on any atom is 0.140 e. The van der Waals surface area contributed by atoms with Gasteiger partial charge in [0.1, 0.15) is 7.85 Å². The van der Waals surface area contributed by atoms with Gasteiger partial charge in [0, 0.05) is 21.5 Å². The molecule has 1 heteroatoms. The van der Waals surface area contributed by atoms with Crippen LogP contribution in [-0.2, 0) is 0 Å². The molecule has 0 aliphatic rings. The second kappa shape index (κ2) is 2.93. The van der Waals surface area contributed by atoms with Crippen LogP contribution in [0, 0.1) is 12.1 Å². The second-order valence-electron chi connectivity index (χ2n) is 4.57. The van der Waals surface area contributed by atoms with Gasteiger partial charge in [-0.25, -0.2) is 0 Å². The highest BCUT2D eigenvalue weighted by atomic mass is 14.1. The van der Waals surface area contributed by atoms with Gasteiger partial charge in [-0.05, 0) is 16.8 Å². The van der Waals surface area contributed by atoms with Gasteiger partial charge >= 0.3 is 0 Å². The Labute approximate surface area is 101 Å². The fourth-order valence-electron chi connectivity index (χ4n) is 2.69. The highest BCUT2D eigenvalue weighted by molar-refractivity contribution is 6.41. The maximum atomic E-state index is 3.31. The number of benzene rings is 3. The molecular weight excluding hydrogens is 203 g/mol. The first kappa shape index (κ1) is 8.90. The van der Waals surface area contributed by atoms with Gasteiger partial charge in [0.2, 0.25) is 0 Å². The van der Waals surface area contributed by atoms with Gasteiger partial charge in [0.15, 0.2) is 0 Å². The zero-order valence-electron chi connectivity index (χ0n) is 9.54. The number of hydrogen-bond acceptors (Lipinski definition) is 0. The van der Waals surface area contributed by atoms with E-state index in [2.05, 4.69) is 62.4 Å². The first-order valence-electron chi connectivity index (χ1n) is 5.82. The van der Waals surface area contributed by atoms with Crippen LogP contribution in [-0.4, -0.2) is 7.85 Å². The maximum absolute atomic E-state index is 3.31. The van der Waals surface area contributed by atoms with Gasteiger partial charge in [0.05, 0.1) is 0 Å². The lowest BCUT2D eigenvalue weighted by molar-refractivity contribution is 1.81. The normalized spacial score (nSPS) is 11.3. The molecule has 0 heterocycles. The third-order valence-electron chi connectivity index (χ3n) is 3.56. The summed E-state index contributed by atoms with van der Waals surface area (Å²) in [6.07, 6.45) is 0. The zero-order valence-corrected chi connectivity index (χ0v) is 9.54. The molecule has 4 aromatic carbocycles. The van der Waals surface area contributed by atoms with Crippen molar-refractivity contribution in [1.29, 1.82) is 0 Å². The minimum Gasteiger partial charge on any atom is -0.0729 e. The van der Waals surface area contributed by atoms with Gasteiger partial charge in [-0.3, -0.25) is 0 Å². The monoisotopic (exact) mass is 212 g/mol. The van der Waals surface area contributed by atoms with E-state index in [9.17, 15) is 0 Å². The zero-order chi connectivity index (χ0) is 11.4. The number of rotatable bonds is 0. The molecule has 0 N–H and O–H groups in total. The van der Waals surface area contributed by atoms with Gasteiger partial charge in [0.25, 0.3) is 0 Å². The summed E-state index contributed by atoms with van der Waals surface area (Å²) in [4.78, 5) is 0. The molecule has 0 aliphatic heterocycles. The molecule has 0 spiro atoms. The van der Waals surface area contributed by atoms with E-state index in [1.54, 1.807) is 0 Å². The Kier molecular flexibility index (Phi) is 1.53. The summed E-state index contributed by atoms with van der Waals surface area (Å²) in [5, 5.41) is 7.59. The summed E-state index contributed by atoms with van der Waals surface area (Å²) >= 11 is 0. The average molecular weight is 212 g/mol. The van der Waals surface area contributed by atoms with Crippen molar-refractivity contribution in [2.45, 2.75) is 0 Å². The molecule has 76 valence electrons. The van der Waals surface area contributed by atoms with Crippen LogP contribution in [0.25, 0.3) is 32.3 Å². The minimum absolute atomic E-state index is 1.16. The molecule has 0 fully saturated rings. The smallest absolute Gasteiger partial charge is 0.0729 e. The van der Waals surface area contributed by atoms with Crippen LogP contribution < -0.4 is 5.46 Å². The summed E-state index contributed by atoms with van der Waals surface area (Å²) in [6.45, 7) is 0. The summed E-state index contributed by atoms with van der Waals surface area (Å²) in [6, 6.07) is 21.7. The lowest BCUT2D eigenvalue weighted by Gasteiger charge is -2.09. The van der Waals surface area contributed by atoms with E-state index in [0.717, 1.165) is 5.39 Å². The third kappa shape index (κ3) is 1.05. The van der Waals surface area contributed by atoms with Crippen LogP contribution in [0.15, 0.2) is 42.5 Å². The molecule has 0 unspecified atom stereocenters. The van der Waals surface area contributed by atoms with Crippen molar-refractivity contribution in [2.24, 2.45) is 0 Å². The second-order valence-corrected chi connectivity index (χ2v) is 4.57. The van der Waals surface area contributed by atoms with Crippen molar-refractivity contribution in [3.05, 3.63) is 54.6 Å². The number of hydrogen-bond donors (Lipinski definition) is 0. The van der Waals surface area contributed by atoms with Crippen molar-refractivity contribution >= 4 is 45.6 Å².